The van der Waals surface area contributed by atoms with Crippen molar-refractivity contribution < 1.29 is 24.3 Å². The highest BCUT2D eigenvalue weighted by Gasteiger charge is 2.37. The third kappa shape index (κ3) is 4.24. The fraction of sp³-hybridized carbons (Fsp3) is 0.154. The van der Waals surface area contributed by atoms with Crippen molar-refractivity contribution in [3.8, 4) is 5.69 Å². The second kappa shape index (κ2) is 8.88. The highest BCUT2D eigenvalue weighted by molar-refractivity contribution is 6.39. The van der Waals surface area contributed by atoms with E-state index in [1.165, 1.54) is 18.2 Å². The molecule has 1 saturated heterocycles. The second-order valence-electron chi connectivity index (χ2n) is 8.36. The van der Waals surface area contributed by atoms with Gasteiger partial charge in [-0.05, 0) is 86.9 Å². The number of carbonyl (C=O) groups excluding carboxylic acids is 3. The topological polar surface area (TPSA) is 109 Å². The number of carboxylic acid groups (broad SMARTS) is 1. The van der Waals surface area contributed by atoms with Crippen LogP contribution in [0.3, 0.4) is 0 Å². The van der Waals surface area contributed by atoms with E-state index in [4.69, 9.17) is 11.6 Å². The minimum atomic E-state index is -1.15. The summed E-state index contributed by atoms with van der Waals surface area (Å²) in [4.78, 5) is 50.9. The Morgan fingerprint density at radius 2 is 1.63 bits per heavy atom. The van der Waals surface area contributed by atoms with E-state index in [1.807, 2.05) is 20.8 Å². The first-order valence-electron chi connectivity index (χ1n) is 10.7. The minimum absolute atomic E-state index is 0.0408. The molecule has 0 aliphatic carbocycles. The van der Waals surface area contributed by atoms with Crippen molar-refractivity contribution in [1.29, 1.82) is 0 Å². The van der Waals surface area contributed by atoms with Crippen molar-refractivity contribution >= 4 is 47.2 Å². The van der Waals surface area contributed by atoms with Gasteiger partial charge in [0.2, 0.25) is 0 Å². The maximum atomic E-state index is 13.3. The van der Waals surface area contributed by atoms with Gasteiger partial charge in [-0.1, -0.05) is 17.7 Å². The monoisotopic (exact) mass is 491 g/mol. The molecule has 0 bridgehead atoms. The third-order valence-corrected chi connectivity index (χ3v) is 6.39. The largest absolute Gasteiger partial charge is 0.478 e. The van der Waals surface area contributed by atoms with Gasteiger partial charge in [0.1, 0.15) is 5.57 Å². The van der Waals surface area contributed by atoms with E-state index in [9.17, 15) is 24.3 Å². The van der Waals surface area contributed by atoms with Crippen LogP contribution >= 0.6 is 11.6 Å². The third-order valence-electron chi connectivity index (χ3n) is 6.06. The predicted octanol–water partition coefficient (Wildman–Crippen LogP) is 4.73. The van der Waals surface area contributed by atoms with Gasteiger partial charge in [0.15, 0.2) is 0 Å². The Balaban J connectivity index is 1.78. The molecule has 9 heteroatoms. The number of barbiturate groups is 1. The fourth-order valence-corrected chi connectivity index (χ4v) is 4.26. The molecule has 0 saturated carbocycles. The van der Waals surface area contributed by atoms with Gasteiger partial charge in [0, 0.05) is 17.1 Å². The van der Waals surface area contributed by atoms with Crippen LogP contribution < -0.4 is 10.2 Å². The molecule has 4 amide bonds. The molecule has 1 fully saturated rings. The second-order valence-corrected chi connectivity index (χ2v) is 8.76. The van der Waals surface area contributed by atoms with Crippen LogP contribution in [-0.2, 0) is 9.59 Å². The van der Waals surface area contributed by atoms with E-state index in [0.717, 1.165) is 21.7 Å². The lowest BCUT2D eigenvalue weighted by molar-refractivity contribution is -0.122. The molecule has 0 unspecified atom stereocenters. The average Bonchev–Trinajstić information content (AvgIpc) is 3.06. The summed E-state index contributed by atoms with van der Waals surface area (Å²) in [6.45, 7) is 7.39. The van der Waals surface area contributed by atoms with Crippen molar-refractivity contribution in [3.05, 3.63) is 86.7 Å². The molecule has 1 aliphatic rings. The number of carbonyl (C=O) groups is 4. The average molecular weight is 492 g/mol. The minimum Gasteiger partial charge on any atom is -0.478 e. The van der Waals surface area contributed by atoms with Gasteiger partial charge in [0.05, 0.1) is 16.3 Å². The number of nitrogens with zero attached hydrogens (tertiary/aromatic N) is 2. The molecule has 2 aromatic carbocycles. The molecule has 1 aromatic heterocycles. The number of hydrogen-bond acceptors (Lipinski definition) is 4. The van der Waals surface area contributed by atoms with E-state index >= 15 is 0 Å². The normalized spacial score (nSPS) is 15.1. The zero-order valence-electron chi connectivity index (χ0n) is 19.5. The number of benzene rings is 2. The Labute approximate surface area is 206 Å². The van der Waals surface area contributed by atoms with E-state index in [1.54, 1.807) is 41.8 Å². The van der Waals surface area contributed by atoms with E-state index in [0.29, 0.717) is 22.6 Å². The van der Waals surface area contributed by atoms with E-state index in [2.05, 4.69) is 5.32 Å². The van der Waals surface area contributed by atoms with Crippen LogP contribution in [0.2, 0.25) is 5.02 Å². The predicted molar refractivity (Wildman–Crippen MR) is 132 cm³/mol. The Morgan fingerprint density at radius 1 is 0.943 bits per heavy atom. The molecular formula is C26H22ClN3O5. The molecule has 3 aromatic rings. The lowest BCUT2D eigenvalue weighted by atomic mass is 10.1. The summed E-state index contributed by atoms with van der Waals surface area (Å²) in [6, 6.07) is 10.8. The molecule has 0 radical (unpaired) electrons. The number of aryl methyl sites for hydroxylation is 3. The SMILES string of the molecule is Cc1ccc(N2C(=O)NC(=O)/C(=C\c3cc(C)n(-c4ccc(Cl)c(C(=O)O)c4)c3C)C2=O)cc1C. The van der Waals surface area contributed by atoms with Gasteiger partial charge < -0.3 is 9.67 Å². The Kier molecular flexibility index (Phi) is 6.08. The number of aromatic carboxylic acids is 1. The van der Waals surface area contributed by atoms with Gasteiger partial charge in [-0.15, -0.1) is 0 Å². The highest BCUT2D eigenvalue weighted by atomic mass is 35.5. The summed E-state index contributed by atoms with van der Waals surface area (Å²) in [5.41, 5.74) is 4.60. The molecule has 178 valence electrons. The molecule has 1 aliphatic heterocycles. The maximum Gasteiger partial charge on any atom is 0.337 e. The van der Waals surface area contributed by atoms with Crippen molar-refractivity contribution in [2.24, 2.45) is 0 Å². The smallest absolute Gasteiger partial charge is 0.337 e. The molecule has 35 heavy (non-hydrogen) atoms. The van der Waals surface area contributed by atoms with Crippen LogP contribution in [0.4, 0.5) is 10.5 Å². The number of urea groups is 1. The van der Waals surface area contributed by atoms with Gasteiger partial charge >= 0.3 is 12.0 Å². The van der Waals surface area contributed by atoms with Gasteiger partial charge in [-0.2, -0.15) is 0 Å². The highest BCUT2D eigenvalue weighted by Crippen LogP contribution is 2.28. The number of anilines is 1. The van der Waals surface area contributed by atoms with Crippen LogP contribution in [0.15, 0.2) is 48.0 Å². The summed E-state index contributed by atoms with van der Waals surface area (Å²) in [5, 5.41) is 11.8. The van der Waals surface area contributed by atoms with Crippen LogP contribution in [0, 0.1) is 27.7 Å². The Morgan fingerprint density at radius 3 is 2.29 bits per heavy atom. The quantitative estimate of drug-likeness (QED) is 0.405. The first-order chi connectivity index (χ1) is 16.5. The molecule has 0 spiro atoms. The van der Waals surface area contributed by atoms with Crippen molar-refractivity contribution in [1.82, 2.24) is 9.88 Å². The number of carboxylic acids is 1. The lowest BCUT2D eigenvalue weighted by Crippen LogP contribution is -2.54. The molecule has 2 N–H and O–H groups in total. The van der Waals surface area contributed by atoms with Crippen molar-refractivity contribution in [2.45, 2.75) is 27.7 Å². The van der Waals surface area contributed by atoms with Gasteiger partial charge in [-0.25, -0.2) is 14.5 Å². The molecule has 0 atom stereocenters. The number of nitrogens with one attached hydrogen (secondary N) is 1. The van der Waals surface area contributed by atoms with Crippen LogP contribution in [0.5, 0.6) is 0 Å². The summed E-state index contributed by atoms with van der Waals surface area (Å²) in [6.07, 6.45) is 1.44. The number of rotatable bonds is 4. The van der Waals surface area contributed by atoms with Crippen molar-refractivity contribution in [2.75, 3.05) is 4.90 Å². The van der Waals surface area contributed by atoms with Crippen LogP contribution in [0.25, 0.3) is 11.8 Å². The number of imide groups is 2. The molecular weight excluding hydrogens is 470 g/mol. The number of halogens is 1. The van der Waals surface area contributed by atoms with E-state index in [-0.39, 0.29) is 16.2 Å². The standard InChI is InChI=1S/C26H22ClN3O5/c1-13-5-6-18(9-14(13)2)30-24(32)21(23(31)28-26(30)35)11-17-10-15(3)29(16(17)4)19-7-8-22(27)20(12-19)25(33)34/h5-12H,1-4H3,(H,33,34)(H,28,31,35)/b21-11+. The number of amides is 4. The first-order valence-corrected chi connectivity index (χ1v) is 11.1. The molecule has 8 nitrogen and oxygen atoms in total. The summed E-state index contributed by atoms with van der Waals surface area (Å²) >= 11 is 6.01. The summed E-state index contributed by atoms with van der Waals surface area (Å²) in [7, 11) is 0. The molecule has 2 heterocycles. The fourth-order valence-electron chi connectivity index (χ4n) is 4.06. The van der Waals surface area contributed by atoms with Gasteiger partial charge in [-0.3, -0.25) is 14.9 Å². The van der Waals surface area contributed by atoms with E-state index < -0.39 is 23.8 Å². The number of hydrogen-bond donors (Lipinski definition) is 2. The number of aromatic nitrogens is 1. The van der Waals surface area contributed by atoms with Crippen LogP contribution in [0.1, 0.15) is 38.4 Å². The van der Waals surface area contributed by atoms with Gasteiger partial charge in [0.25, 0.3) is 11.8 Å². The van der Waals surface area contributed by atoms with Crippen molar-refractivity contribution in [3.63, 3.8) is 0 Å². The maximum absolute atomic E-state index is 13.3. The summed E-state index contributed by atoms with van der Waals surface area (Å²) < 4.78 is 1.80. The zero-order chi connectivity index (χ0) is 25.6. The Bertz CT molecular complexity index is 1470. The lowest BCUT2D eigenvalue weighted by Gasteiger charge is -2.26. The molecule has 4 rings (SSSR count). The first kappa shape index (κ1) is 24.0. The zero-order valence-corrected chi connectivity index (χ0v) is 20.2. The summed E-state index contributed by atoms with van der Waals surface area (Å²) in [5.74, 6) is -2.67. The Hall–Kier alpha value is -4.17. The van der Waals surface area contributed by atoms with Crippen LogP contribution in [-0.4, -0.2) is 33.5 Å².